The Morgan fingerprint density at radius 3 is 1.95 bits per heavy atom. The number of carboxylic acid groups (broad SMARTS) is 1. The Morgan fingerprint density at radius 2 is 1.30 bits per heavy atom. The predicted molar refractivity (Wildman–Crippen MR) is 137 cm³/mol. The number of aliphatic carboxylic acids is 1. The van der Waals surface area contributed by atoms with Gasteiger partial charge in [-0.05, 0) is 46.5 Å². The normalized spacial score (nSPS) is 21.6. The van der Waals surface area contributed by atoms with Crippen LogP contribution in [0.25, 0.3) is 11.1 Å². The van der Waals surface area contributed by atoms with Gasteiger partial charge in [0.25, 0.3) is 0 Å². The van der Waals surface area contributed by atoms with Gasteiger partial charge in [0.2, 0.25) is 6.79 Å². The SMILES string of the molecule is O=C(O)C1C(c2ccccc2)C(C(=O)Oc2cccc(-c3ccc4c(c3)OCO4)c2)[C@H]1c1ccccc1. The van der Waals surface area contributed by atoms with Crippen LogP contribution in [-0.4, -0.2) is 23.8 Å². The molecule has 4 aromatic carbocycles. The molecule has 6 rings (SSSR count). The lowest BCUT2D eigenvalue weighted by atomic mass is 9.52. The number of esters is 1. The quantitative estimate of drug-likeness (QED) is 0.267. The molecule has 0 bridgehead atoms. The van der Waals surface area contributed by atoms with Crippen LogP contribution in [0, 0.1) is 11.8 Å². The Labute approximate surface area is 214 Å². The fourth-order valence-corrected chi connectivity index (χ4v) is 5.53. The van der Waals surface area contributed by atoms with Gasteiger partial charge < -0.3 is 19.3 Å². The molecule has 6 heteroatoms. The first kappa shape index (κ1) is 22.9. The van der Waals surface area contributed by atoms with Gasteiger partial charge in [0.15, 0.2) is 11.5 Å². The zero-order chi connectivity index (χ0) is 25.4. The smallest absolute Gasteiger partial charge is 0.315 e. The topological polar surface area (TPSA) is 82.1 Å². The summed E-state index contributed by atoms with van der Waals surface area (Å²) in [6, 6.07) is 31.7. The van der Waals surface area contributed by atoms with Gasteiger partial charge in [-0.25, -0.2) is 0 Å². The third-order valence-electron chi connectivity index (χ3n) is 7.23. The van der Waals surface area contributed by atoms with E-state index in [1.165, 1.54) is 0 Å². The number of carbonyl (C=O) groups excluding carboxylic acids is 1. The van der Waals surface area contributed by atoms with Crippen LogP contribution in [-0.2, 0) is 9.59 Å². The van der Waals surface area contributed by atoms with E-state index in [4.69, 9.17) is 14.2 Å². The zero-order valence-electron chi connectivity index (χ0n) is 19.8. The highest BCUT2D eigenvalue weighted by molar-refractivity contribution is 5.86. The molecular formula is C31H24O6. The maximum absolute atomic E-state index is 13.7. The van der Waals surface area contributed by atoms with E-state index in [-0.39, 0.29) is 6.79 Å². The Hall–Kier alpha value is -4.58. The summed E-state index contributed by atoms with van der Waals surface area (Å²) in [5, 5.41) is 10.1. The van der Waals surface area contributed by atoms with Crippen LogP contribution < -0.4 is 14.2 Å². The fraction of sp³-hybridized carbons (Fsp3) is 0.161. The van der Waals surface area contributed by atoms with Crippen molar-refractivity contribution in [3.8, 4) is 28.4 Å². The Kier molecular flexibility index (Phi) is 5.85. The number of carboxylic acids is 1. The summed E-state index contributed by atoms with van der Waals surface area (Å²) < 4.78 is 16.8. The molecule has 0 aromatic heterocycles. The van der Waals surface area contributed by atoms with E-state index in [2.05, 4.69) is 0 Å². The summed E-state index contributed by atoms with van der Waals surface area (Å²) in [6.07, 6.45) is 0. The first-order valence-electron chi connectivity index (χ1n) is 12.1. The second kappa shape index (κ2) is 9.47. The number of ether oxygens (including phenoxy) is 3. The van der Waals surface area contributed by atoms with Gasteiger partial charge in [0.05, 0.1) is 11.8 Å². The van der Waals surface area contributed by atoms with Crippen LogP contribution in [0.4, 0.5) is 0 Å². The molecule has 0 amide bonds. The maximum Gasteiger partial charge on any atom is 0.315 e. The zero-order valence-corrected chi connectivity index (χ0v) is 19.8. The third kappa shape index (κ3) is 4.20. The number of hydrogen-bond acceptors (Lipinski definition) is 5. The number of benzene rings is 4. The minimum atomic E-state index is -0.920. The average molecular weight is 493 g/mol. The Morgan fingerprint density at radius 1 is 0.676 bits per heavy atom. The van der Waals surface area contributed by atoms with Gasteiger partial charge in [-0.2, -0.15) is 0 Å². The average Bonchev–Trinajstić information content (AvgIpc) is 3.37. The first-order valence-corrected chi connectivity index (χ1v) is 12.1. The Balaban J connectivity index is 1.32. The second-order valence-electron chi connectivity index (χ2n) is 9.28. The molecule has 1 aliphatic heterocycles. The molecule has 1 N–H and O–H groups in total. The van der Waals surface area contributed by atoms with Gasteiger partial charge >= 0.3 is 11.9 Å². The van der Waals surface area contributed by atoms with Crippen molar-refractivity contribution >= 4 is 11.9 Å². The molecule has 1 saturated carbocycles. The van der Waals surface area contributed by atoms with Crippen molar-refractivity contribution in [3.05, 3.63) is 114 Å². The molecule has 2 aliphatic rings. The first-order chi connectivity index (χ1) is 18.1. The van der Waals surface area contributed by atoms with E-state index in [1.54, 1.807) is 12.1 Å². The minimum Gasteiger partial charge on any atom is -0.481 e. The van der Waals surface area contributed by atoms with Crippen molar-refractivity contribution in [2.75, 3.05) is 6.79 Å². The van der Waals surface area contributed by atoms with Crippen molar-refractivity contribution in [1.82, 2.24) is 0 Å². The lowest BCUT2D eigenvalue weighted by Crippen LogP contribution is -2.52. The van der Waals surface area contributed by atoms with Crippen molar-refractivity contribution in [2.45, 2.75) is 11.8 Å². The van der Waals surface area contributed by atoms with Crippen molar-refractivity contribution in [1.29, 1.82) is 0 Å². The van der Waals surface area contributed by atoms with Crippen LogP contribution in [0.15, 0.2) is 103 Å². The summed E-state index contributed by atoms with van der Waals surface area (Å²) in [4.78, 5) is 26.1. The van der Waals surface area contributed by atoms with Crippen LogP contribution in [0.1, 0.15) is 23.0 Å². The molecule has 0 spiro atoms. The summed E-state index contributed by atoms with van der Waals surface area (Å²) in [5.41, 5.74) is 3.40. The van der Waals surface area contributed by atoms with E-state index < -0.39 is 35.6 Å². The van der Waals surface area contributed by atoms with Gasteiger partial charge in [0.1, 0.15) is 5.75 Å². The number of fused-ring (bicyclic) bond motifs is 1. The second-order valence-corrected chi connectivity index (χ2v) is 9.28. The van der Waals surface area contributed by atoms with E-state index in [0.29, 0.717) is 17.2 Å². The van der Waals surface area contributed by atoms with Gasteiger partial charge in [-0.1, -0.05) is 78.9 Å². The minimum absolute atomic E-state index is 0.195. The monoisotopic (exact) mass is 492 g/mol. The number of carbonyl (C=O) groups is 2. The van der Waals surface area contributed by atoms with E-state index in [0.717, 1.165) is 22.3 Å². The van der Waals surface area contributed by atoms with Crippen LogP contribution in [0.3, 0.4) is 0 Å². The standard InChI is InChI=1S/C31H24O6/c32-30(33)28-26(19-8-3-1-4-9-19)29(27(28)20-10-5-2-6-11-20)31(34)37-23-13-7-12-21(16-23)22-14-15-24-25(17-22)36-18-35-24/h1-17,26-29H,18H2,(H,32,33)/t26-,27?,28?,29?/m0/s1. The van der Waals surface area contributed by atoms with Crippen molar-refractivity contribution < 1.29 is 28.9 Å². The number of hydrogen-bond donors (Lipinski definition) is 1. The van der Waals surface area contributed by atoms with Crippen LogP contribution >= 0.6 is 0 Å². The highest BCUT2D eigenvalue weighted by Crippen LogP contribution is 2.58. The molecule has 37 heavy (non-hydrogen) atoms. The lowest BCUT2D eigenvalue weighted by Gasteiger charge is -2.48. The molecule has 1 fully saturated rings. The highest BCUT2D eigenvalue weighted by atomic mass is 16.7. The molecule has 4 aromatic rings. The van der Waals surface area contributed by atoms with E-state index in [9.17, 15) is 14.7 Å². The van der Waals surface area contributed by atoms with E-state index in [1.807, 2.05) is 91.0 Å². The third-order valence-corrected chi connectivity index (χ3v) is 7.23. The van der Waals surface area contributed by atoms with Crippen LogP contribution in [0.2, 0.25) is 0 Å². The van der Waals surface area contributed by atoms with Gasteiger partial charge in [0, 0.05) is 11.8 Å². The summed E-state index contributed by atoms with van der Waals surface area (Å²) in [7, 11) is 0. The summed E-state index contributed by atoms with van der Waals surface area (Å²) in [6.45, 7) is 0.195. The van der Waals surface area contributed by atoms with Crippen molar-refractivity contribution in [3.63, 3.8) is 0 Å². The van der Waals surface area contributed by atoms with E-state index >= 15 is 0 Å². The summed E-state index contributed by atoms with van der Waals surface area (Å²) >= 11 is 0. The molecule has 184 valence electrons. The predicted octanol–water partition coefficient (Wildman–Crippen LogP) is 5.89. The largest absolute Gasteiger partial charge is 0.481 e. The fourth-order valence-electron chi connectivity index (χ4n) is 5.53. The Bertz CT molecular complexity index is 1400. The van der Waals surface area contributed by atoms with Crippen LogP contribution in [0.5, 0.6) is 17.2 Å². The molecule has 4 atom stereocenters. The van der Waals surface area contributed by atoms with Gasteiger partial charge in [-0.3, -0.25) is 9.59 Å². The molecule has 6 nitrogen and oxygen atoms in total. The lowest BCUT2D eigenvalue weighted by molar-refractivity contribution is -0.158. The molecule has 1 heterocycles. The summed E-state index contributed by atoms with van der Waals surface area (Å²) in [5.74, 6) is -1.95. The molecule has 0 radical (unpaired) electrons. The molecule has 1 aliphatic carbocycles. The van der Waals surface area contributed by atoms with Crippen molar-refractivity contribution in [2.24, 2.45) is 11.8 Å². The molecule has 0 saturated heterocycles. The maximum atomic E-state index is 13.7. The number of rotatable bonds is 6. The van der Waals surface area contributed by atoms with Gasteiger partial charge in [-0.15, -0.1) is 0 Å². The molecule has 3 unspecified atom stereocenters. The molecular weight excluding hydrogens is 468 g/mol. The highest BCUT2D eigenvalue weighted by Gasteiger charge is 2.59.